The molecule has 0 spiro atoms. The Morgan fingerprint density at radius 1 is 1.17 bits per heavy atom. The quantitative estimate of drug-likeness (QED) is 0.716. The van der Waals surface area contributed by atoms with Crippen LogP contribution in [0.2, 0.25) is 5.02 Å². The topological polar surface area (TPSA) is 66.5 Å². The Morgan fingerprint density at radius 3 is 2.28 bits per heavy atom. The van der Waals surface area contributed by atoms with Crippen molar-refractivity contribution in [1.82, 2.24) is 5.32 Å². The Hall–Kier alpha value is -2.26. The summed E-state index contributed by atoms with van der Waals surface area (Å²) in [7, 11) is -4.03. The van der Waals surface area contributed by atoms with Crippen molar-refractivity contribution >= 4 is 33.2 Å². The normalized spacial score (nSPS) is 13.1. The molecule has 1 amide bonds. The molecule has 1 N–H and O–H groups in total. The summed E-state index contributed by atoms with van der Waals surface area (Å²) in [6.07, 6.45) is -3.95. The highest BCUT2D eigenvalue weighted by Gasteiger charge is 2.34. The number of aryl methyl sites for hydroxylation is 1. The Kier molecular flexibility index (Phi) is 6.85. The number of nitrogens with zero attached hydrogens (tertiary/aromatic N) is 1. The predicted octanol–water partition coefficient (Wildman–Crippen LogP) is 4.31. The molecule has 10 heteroatoms. The van der Waals surface area contributed by atoms with Gasteiger partial charge in [-0.3, -0.25) is 9.10 Å². The van der Waals surface area contributed by atoms with Gasteiger partial charge in [0.05, 0.1) is 28.6 Å². The van der Waals surface area contributed by atoms with Crippen LogP contribution in [-0.2, 0) is 21.0 Å². The zero-order valence-electron chi connectivity index (χ0n) is 15.9. The first-order valence-corrected chi connectivity index (χ1v) is 10.7. The van der Waals surface area contributed by atoms with Gasteiger partial charge in [0.15, 0.2) is 0 Å². The second kappa shape index (κ2) is 8.62. The van der Waals surface area contributed by atoms with Crippen LogP contribution in [0.4, 0.5) is 18.9 Å². The van der Waals surface area contributed by atoms with E-state index in [-0.39, 0.29) is 5.69 Å². The van der Waals surface area contributed by atoms with Crippen LogP contribution >= 0.6 is 11.6 Å². The van der Waals surface area contributed by atoms with Gasteiger partial charge in [-0.1, -0.05) is 41.4 Å². The van der Waals surface area contributed by atoms with E-state index in [1.165, 1.54) is 0 Å². The Labute approximate surface area is 172 Å². The molecule has 0 aliphatic rings. The smallest absolute Gasteiger partial charge is 0.348 e. The van der Waals surface area contributed by atoms with Gasteiger partial charge in [0.25, 0.3) is 0 Å². The van der Waals surface area contributed by atoms with Crippen molar-refractivity contribution in [1.29, 1.82) is 0 Å². The third-order valence-corrected chi connectivity index (χ3v) is 5.66. The van der Waals surface area contributed by atoms with E-state index < -0.39 is 45.3 Å². The molecule has 0 aliphatic carbocycles. The Balaban J connectivity index is 2.26. The fraction of sp³-hybridized carbons (Fsp3) is 0.316. The standard InChI is InChI=1S/C19H20ClF3N2O3S/c1-12-4-6-14(7-5-12)13(2)24-18(26)11-25(29(3,27)28)15-8-9-17(20)16(10-15)19(21,22)23/h4-10,13H,11H2,1-3H3,(H,24,26). The largest absolute Gasteiger partial charge is 0.417 e. The first-order chi connectivity index (χ1) is 13.3. The molecule has 0 aromatic heterocycles. The molecule has 0 radical (unpaired) electrons. The first-order valence-electron chi connectivity index (χ1n) is 8.49. The number of alkyl halides is 3. The van der Waals surface area contributed by atoms with Crippen molar-refractivity contribution in [3.8, 4) is 0 Å². The second-order valence-electron chi connectivity index (χ2n) is 6.63. The molecular weight excluding hydrogens is 429 g/mol. The highest BCUT2D eigenvalue weighted by atomic mass is 35.5. The van der Waals surface area contributed by atoms with E-state index >= 15 is 0 Å². The Morgan fingerprint density at radius 2 is 1.76 bits per heavy atom. The number of carbonyl (C=O) groups is 1. The zero-order chi connectivity index (χ0) is 22.0. The second-order valence-corrected chi connectivity index (χ2v) is 8.95. The van der Waals surface area contributed by atoms with Gasteiger partial charge in [0.1, 0.15) is 6.54 Å². The molecular formula is C19H20ClF3N2O3S. The van der Waals surface area contributed by atoms with Crippen LogP contribution in [-0.4, -0.2) is 27.1 Å². The third kappa shape index (κ3) is 6.11. The van der Waals surface area contributed by atoms with Gasteiger partial charge in [-0.05, 0) is 37.6 Å². The van der Waals surface area contributed by atoms with Crippen molar-refractivity contribution in [2.45, 2.75) is 26.1 Å². The van der Waals surface area contributed by atoms with Crippen LogP contribution in [0.5, 0.6) is 0 Å². The maximum Gasteiger partial charge on any atom is 0.417 e. The number of halogens is 4. The monoisotopic (exact) mass is 448 g/mol. The number of amides is 1. The van der Waals surface area contributed by atoms with Crippen molar-refractivity contribution in [2.24, 2.45) is 0 Å². The Bertz CT molecular complexity index is 993. The summed E-state index contributed by atoms with van der Waals surface area (Å²) in [4.78, 5) is 12.4. The number of benzene rings is 2. The lowest BCUT2D eigenvalue weighted by Gasteiger charge is -2.24. The van der Waals surface area contributed by atoms with E-state index in [9.17, 15) is 26.4 Å². The minimum absolute atomic E-state index is 0.303. The molecule has 2 rings (SSSR count). The molecule has 2 aromatic rings. The maximum absolute atomic E-state index is 13.1. The van der Waals surface area contributed by atoms with Gasteiger partial charge in [-0.15, -0.1) is 0 Å². The summed E-state index contributed by atoms with van der Waals surface area (Å²) >= 11 is 5.59. The van der Waals surface area contributed by atoms with Crippen molar-refractivity contribution in [3.05, 3.63) is 64.2 Å². The van der Waals surface area contributed by atoms with Crippen molar-refractivity contribution < 1.29 is 26.4 Å². The summed E-state index contributed by atoms with van der Waals surface area (Å²) < 4.78 is 64.2. The number of anilines is 1. The molecule has 0 saturated heterocycles. The third-order valence-electron chi connectivity index (χ3n) is 4.19. The highest BCUT2D eigenvalue weighted by Crippen LogP contribution is 2.37. The molecule has 0 saturated carbocycles. The molecule has 1 atom stereocenters. The lowest BCUT2D eigenvalue weighted by Crippen LogP contribution is -2.41. The van der Waals surface area contributed by atoms with Crippen LogP contribution in [0.15, 0.2) is 42.5 Å². The minimum Gasteiger partial charge on any atom is -0.348 e. The predicted molar refractivity (Wildman–Crippen MR) is 106 cm³/mol. The minimum atomic E-state index is -4.77. The number of rotatable bonds is 6. The fourth-order valence-corrected chi connectivity index (χ4v) is 3.71. The van der Waals surface area contributed by atoms with Gasteiger partial charge in [0.2, 0.25) is 15.9 Å². The molecule has 158 valence electrons. The molecule has 0 fully saturated rings. The first kappa shape index (κ1) is 23.0. The van der Waals surface area contributed by atoms with Gasteiger partial charge in [0, 0.05) is 0 Å². The number of hydrogen-bond donors (Lipinski definition) is 1. The molecule has 0 bridgehead atoms. The summed E-state index contributed by atoms with van der Waals surface area (Å²) in [5.74, 6) is -0.660. The van der Waals surface area contributed by atoms with Crippen LogP contribution in [0.3, 0.4) is 0 Å². The number of carbonyl (C=O) groups excluding carboxylic acids is 1. The fourth-order valence-electron chi connectivity index (χ4n) is 2.64. The molecule has 5 nitrogen and oxygen atoms in total. The molecule has 2 aromatic carbocycles. The van der Waals surface area contributed by atoms with Crippen molar-refractivity contribution in [2.75, 3.05) is 17.1 Å². The van der Waals surface area contributed by atoms with E-state index in [0.29, 0.717) is 10.4 Å². The number of nitrogens with one attached hydrogen (secondary N) is 1. The molecule has 29 heavy (non-hydrogen) atoms. The van der Waals surface area contributed by atoms with Crippen LogP contribution < -0.4 is 9.62 Å². The molecule has 1 unspecified atom stereocenters. The van der Waals surface area contributed by atoms with Crippen molar-refractivity contribution in [3.63, 3.8) is 0 Å². The average Bonchev–Trinajstić information content (AvgIpc) is 2.59. The van der Waals surface area contributed by atoms with E-state index in [2.05, 4.69) is 5.32 Å². The van der Waals surface area contributed by atoms with E-state index in [0.717, 1.165) is 29.5 Å². The van der Waals surface area contributed by atoms with Crippen LogP contribution in [0, 0.1) is 6.92 Å². The van der Waals surface area contributed by atoms with Gasteiger partial charge in [-0.2, -0.15) is 13.2 Å². The van der Waals surface area contributed by atoms with E-state index in [1.54, 1.807) is 6.92 Å². The summed E-state index contributed by atoms with van der Waals surface area (Å²) in [6.45, 7) is 2.96. The summed E-state index contributed by atoms with van der Waals surface area (Å²) in [6, 6.07) is 9.65. The molecule has 0 heterocycles. The van der Waals surface area contributed by atoms with Crippen LogP contribution in [0.25, 0.3) is 0 Å². The molecule has 0 aliphatic heterocycles. The average molecular weight is 449 g/mol. The zero-order valence-corrected chi connectivity index (χ0v) is 17.5. The van der Waals surface area contributed by atoms with E-state index in [4.69, 9.17) is 11.6 Å². The lowest BCUT2D eigenvalue weighted by atomic mass is 10.1. The van der Waals surface area contributed by atoms with E-state index in [1.807, 2.05) is 31.2 Å². The highest BCUT2D eigenvalue weighted by molar-refractivity contribution is 7.92. The van der Waals surface area contributed by atoms with Gasteiger partial charge in [-0.25, -0.2) is 8.42 Å². The maximum atomic E-state index is 13.1. The van der Waals surface area contributed by atoms with Gasteiger partial charge < -0.3 is 5.32 Å². The number of hydrogen-bond acceptors (Lipinski definition) is 3. The lowest BCUT2D eigenvalue weighted by molar-refractivity contribution is -0.137. The summed E-state index contributed by atoms with van der Waals surface area (Å²) in [5, 5.41) is 2.09. The van der Waals surface area contributed by atoms with Gasteiger partial charge >= 0.3 is 6.18 Å². The summed E-state index contributed by atoms with van der Waals surface area (Å²) in [5.41, 5.74) is 0.362. The number of sulfonamides is 1. The van der Waals surface area contributed by atoms with Crippen LogP contribution in [0.1, 0.15) is 29.7 Å². The SMILES string of the molecule is Cc1ccc(C(C)NC(=O)CN(c2ccc(Cl)c(C(F)(F)F)c2)S(C)(=O)=O)cc1.